The smallest absolute Gasteiger partial charge is 0.242 e. The molecule has 0 amide bonds. The predicted octanol–water partition coefficient (Wildman–Crippen LogP) is 1.70. The number of aryl methyl sites for hydroxylation is 1. The van der Waals surface area contributed by atoms with Gasteiger partial charge in [0.2, 0.25) is 5.89 Å². The Labute approximate surface area is 94.0 Å². The van der Waals surface area contributed by atoms with Gasteiger partial charge in [-0.2, -0.15) is 4.98 Å². The quantitative estimate of drug-likeness (QED) is 0.848. The number of hydrogen-bond acceptors (Lipinski definition) is 5. The molecule has 0 spiro atoms. The van der Waals surface area contributed by atoms with Crippen LogP contribution < -0.4 is 5.73 Å². The SMILES string of the molecule is CC1(c2nc(CCCN)no2)CCCS1. The van der Waals surface area contributed by atoms with Crippen molar-refractivity contribution in [1.29, 1.82) is 0 Å². The molecule has 1 unspecified atom stereocenters. The van der Waals surface area contributed by atoms with E-state index in [-0.39, 0.29) is 4.75 Å². The summed E-state index contributed by atoms with van der Waals surface area (Å²) >= 11 is 1.91. The molecule has 1 aromatic heterocycles. The van der Waals surface area contributed by atoms with Gasteiger partial charge in [-0.1, -0.05) is 5.16 Å². The molecule has 0 radical (unpaired) electrons. The number of aromatic nitrogens is 2. The van der Waals surface area contributed by atoms with E-state index in [9.17, 15) is 0 Å². The minimum Gasteiger partial charge on any atom is -0.338 e. The zero-order valence-electron chi connectivity index (χ0n) is 9.03. The van der Waals surface area contributed by atoms with Gasteiger partial charge in [0.1, 0.15) is 0 Å². The second kappa shape index (κ2) is 4.53. The highest BCUT2D eigenvalue weighted by atomic mass is 32.2. The van der Waals surface area contributed by atoms with Gasteiger partial charge in [-0.05, 0) is 38.5 Å². The Morgan fingerprint density at radius 1 is 1.60 bits per heavy atom. The Hall–Kier alpha value is -0.550. The van der Waals surface area contributed by atoms with Gasteiger partial charge < -0.3 is 10.3 Å². The Morgan fingerprint density at radius 3 is 3.13 bits per heavy atom. The Balaban J connectivity index is 2.05. The summed E-state index contributed by atoms with van der Waals surface area (Å²) in [5, 5.41) is 3.99. The van der Waals surface area contributed by atoms with E-state index < -0.39 is 0 Å². The number of nitrogens with zero attached hydrogens (tertiary/aromatic N) is 2. The fraction of sp³-hybridized carbons (Fsp3) is 0.800. The van der Waals surface area contributed by atoms with Crippen molar-refractivity contribution in [2.45, 2.75) is 37.4 Å². The van der Waals surface area contributed by atoms with Crippen LogP contribution in [-0.2, 0) is 11.2 Å². The topological polar surface area (TPSA) is 64.9 Å². The molecule has 1 atom stereocenters. The number of thioether (sulfide) groups is 1. The van der Waals surface area contributed by atoms with Crippen LogP contribution in [0.5, 0.6) is 0 Å². The van der Waals surface area contributed by atoms with E-state index in [2.05, 4.69) is 17.1 Å². The Morgan fingerprint density at radius 2 is 2.47 bits per heavy atom. The van der Waals surface area contributed by atoms with E-state index in [1.165, 1.54) is 12.2 Å². The summed E-state index contributed by atoms with van der Waals surface area (Å²) in [5.41, 5.74) is 5.44. The highest BCUT2D eigenvalue weighted by Crippen LogP contribution is 2.45. The van der Waals surface area contributed by atoms with Gasteiger partial charge in [-0.25, -0.2) is 0 Å². The van der Waals surface area contributed by atoms with E-state index in [4.69, 9.17) is 10.3 Å². The van der Waals surface area contributed by atoms with Crippen LogP contribution in [0.4, 0.5) is 0 Å². The summed E-state index contributed by atoms with van der Waals surface area (Å²) in [6.45, 7) is 2.86. The lowest BCUT2D eigenvalue weighted by atomic mass is 10.1. The van der Waals surface area contributed by atoms with Gasteiger partial charge in [-0.3, -0.25) is 0 Å². The highest BCUT2D eigenvalue weighted by Gasteiger charge is 2.36. The second-order valence-electron chi connectivity index (χ2n) is 4.09. The van der Waals surface area contributed by atoms with Crippen LogP contribution in [0.1, 0.15) is 37.9 Å². The maximum Gasteiger partial charge on any atom is 0.242 e. The van der Waals surface area contributed by atoms with Crippen LogP contribution in [0, 0.1) is 0 Å². The lowest BCUT2D eigenvalue weighted by Crippen LogP contribution is -2.13. The van der Waals surface area contributed by atoms with E-state index in [1.807, 2.05) is 11.8 Å². The van der Waals surface area contributed by atoms with Crippen molar-refractivity contribution >= 4 is 11.8 Å². The zero-order valence-corrected chi connectivity index (χ0v) is 9.85. The summed E-state index contributed by atoms with van der Waals surface area (Å²) < 4.78 is 5.38. The van der Waals surface area contributed by atoms with E-state index in [1.54, 1.807) is 0 Å². The molecule has 2 N–H and O–H groups in total. The molecule has 4 nitrogen and oxygen atoms in total. The van der Waals surface area contributed by atoms with Crippen LogP contribution in [0.3, 0.4) is 0 Å². The molecule has 0 aromatic carbocycles. The normalized spacial score (nSPS) is 26.0. The van der Waals surface area contributed by atoms with Gasteiger partial charge in [0.15, 0.2) is 5.82 Å². The molecular weight excluding hydrogens is 210 g/mol. The van der Waals surface area contributed by atoms with Crippen LogP contribution in [-0.4, -0.2) is 22.4 Å². The molecule has 2 heterocycles. The third-order valence-electron chi connectivity index (χ3n) is 2.74. The van der Waals surface area contributed by atoms with E-state index in [0.717, 1.165) is 31.0 Å². The summed E-state index contributed by atoms with van der Waals surface area (Å²) in [6.07, 6.45) is 4.11. The van der Waals surface area contributed by atoms with Crippen LogP contribution in [0.15, 0.2) is 4.52 Å². The predicted molar refractivity (Wildman–Crippen MR) is 60.7 cm³/mol. The third kappa shape index (κ3) is 2.34. The molecule has 0 bridgehead atoms. The fourth-order valence-corrected chi connectivity index (χ4v) is 3.01. The molecule has 5 heteroatoms. The molecule has 2 rings (SSSR count). The van der Waals surface area contributed by atoms with Crippen LogP contribution >= 0.6 is 11.8 Å². The molecule has 1 aliphatic heterocycles. The van der Waals surface area contributed by atoms with Crippen molar-refractivity contribution in [2.75, 3.05) is 12.3 Å². The van der Waals surface area contributed by atoms with E-state index >= 15 is 0 Å². The molecule has 1 saturated heterocycles. The van der Waals surface area contributed by atoms with Crippen molar-refractivity contribution in [3.8, 4) is 0 Å². The molecule has 1 aromatic rings. The van der Waals surface area contributed by atoms with Crippen LogP contribution in [0.2, 0.25) is 0 Å². The van der Waals surface area contributed by atoms with Gasteiger partial charge in [0.05, 0.1) is 4.75 Å². The number of nitrogens with two attached hydrogens (primary N) is 1. The number of rotatable bonds is 4. The van der Waals surface area contributed by atoms with Gasteiger partial charge in [0.25, 0.3) is 0 Å². The van der Waals surface area contributed by atoms with Gasteiger partial charge in [-0.15, -0.1) is 11.8 Å². The Kier molecular flexibility index (Phi) is 3.31. The molecule has 1 aliphatic rings. The highest BCUT2D eigenvalue weighted by molar-refractivity contribution is 8.00. The largest absolute Gasteiger partial charge is 0.338 e. The lowest BCUT2D eigenvalue weighted by molar-refractivity contribution is 0.340. The van der Waals surface area contributed by atoms with Crippen LogP contribution in [0.25, 0.3) is 0 Å². The van der Waals surface area contributed by atoms with Crippen molar-refractivity contribution in [2.24, 2.45) is 5.73 Å². The first kappa shape index (κ1) is 11.0. The van der Waals surface area contributed by atoms with Crippen molar-refractivity contribution < 1.29 is 4.52 Å². The fourth-order valence-electron chi connectivity index (χ4n) is 1.78. The van der Waals surface area contributed by atoms with Crippen molar-refractivity contribution in [3.05, 3.63) is 11.7 Å². The first-order valence-corrected chi connectivity index (χ1v) is 6.40. The molecule has 0 aliphatic carbocycles. The van der Waals surface area contributed by atoms with Gasteiger partial charge >= 0.3 is 0 Å². The minimum atomic E-state index is 0.0496. The van der Waals surface area contributed by atoms with Crippen molar-refractivity contribution in [1.82, 2.24) is 10.1 Å². The summed E-state index contributed by atoms with van der Waals surface area (Å²) in [7, 11) is 0. The summed E-state index contributed by atoms with van der Waals surface area (Å²) in [5.74, 6) is 2.78. The molecule has 84 valence electrons. The second-order valence-corrected chi connectivity index (χ2v) is 5.69. The maximum atomic E-state index is 5.44. The summed E-state index contributed by atoms with van der Waals surface area (Å²) in [4.78, 5) is 4.45. The third-order valence-corrected chi connectivity index (χ3v) is 4.25. The van der Waals surface area contributed by atoms with Gasteiger partial charge in [0, 0.05) is 6.42 Å². The zero-order chi connectivity index (χ0) is 10.7. The van der Waals surface area contributed by atoms with Crippen molar-refractivity contribution in [3.63, 3.8) is 0 Å². The molecule has 0 saturated carbocycles. The standard InChI is InChI=1S/C10H17N3OS/c1-10(5-3-7-15-10)9-12-8(13-14-9)4-2-6-11/h2-7,11H2,1H3. The lowest BCUT2D eigenvalue weighted by Gasteiger charge is -2.16. The first-order valence-electron chi connectivity index (χ1n) is 5.42. The maximum absolute atomic E-state index is 5.44. The monoisotopic (exact) mass is 227 g/mol. The Bertz CT molecular complexity index is 320. The minimum absolute atomic E-state index is 0.0496. The molecular formula is C10H17N3OS. The summed E-state index contributed by atoms with van der Waals surface area (Å²) in [6, 6.07) is 0. The number of hydrogen-bond donors (Lipinski definition) is 1. The van der Waals surface area contributed by atoms with E-state index in [0.29, 0.717) is 6.54 Å². The molecule has 1 fully saturated rings. The molecule has 15 heavy (non-hydrogen) atoms. The average Bonchev–Trinajstić information content (AvgIpc) is 2.84. The first-order chi connectivity index (χ1) is 7.24. The average molecular weight is 227 g/mol.